The number of hydrogen-bond acceptors (Lipinski definition) is 1. The largest absolute Gasteiger partial charge is 0.316 e. The first-order valence-corrected chi connectivity index (χ1v) is 4.20. The summed E-state index contributed by atoms with van der Waals surface area (Å²) in [5, 5.41) is 0. The number of rotatable bonds is 1. The number of pyridine rings is 1. The second-order valence-corrected chi connectivity index (χ2v) is 3.48. The highest BCUT2D eigenvalue weighted by molar-refractivity contribution is 5.19. The number of hydrogen-bond donors (Lipinski definition) is 0. The van der Waals surface area contributed by atoms with E-state index < -0.39 is 0 Å². The molecule has 12 heavy (non-hydrogen) atoms. The Morgan fingerprint density at radius 3 is 2.33 bits per heavy atom. The first-order valence-electron chi connectivity index (χ1n) is 4.20. The van der Waals surface area contributed by atoms with E-state index in [1.165, 1.54) is 0 Å². The monoisotopic (exact) mass is 165 g/mol. The third-order valence-corrected chi connectivity index (χ3v) is 2.19. The Morgan fingerprint density at radius 1 is 1.33 bits per heavy atom. The molecule has 0 bridgehead atoms. The van der Waals surface area contributed by atoms with E-state index in [0.29, 0.717) is 5.92 Å². The SMILES string of the molecule is Cc1cc(C(C)C)cc(=O)n1C. The van der Waals surface area contributed by atoms with Gasteiger partial charge in [0.15, 0.2) is 0 Å². The number of nitrogens with zero attached hydrogens (tertiary/aromatic N) is 1. The highest BCUT2D eigenvalue weighted by Crippen LogP contribution is 2.12. The van der Waals surface area contributed by atoms with Gasteiger partial charge in [0.05, 0.1) is 0 Å². The minimum absolute atomic E-state index is 0.0821. The van der Waals surface area contributed by atoms with Crippen molar-refractivity contribution in [2.45, 2.75) is 26.7 Å². The van der Waals surface area contributed by atoms with Gasteiger partial charge in [0, 0.05) is 18.8 Å². The Balaban J connectivity index is 3.31. The normalized spacial score (nSPS) is 10.8. The summed E-state index contributed by atoms with van der Waals surface area (Å²) >= 11 is 0. The summed E-state index contributed by atoms with van der Waals surface area (Å²) in [4.78, 5) is 11.3. The summed E-state index contributed by atoms with van der Waals surface area (Å²) in [7, 11) is 1.79. The lowest BCUT2D eigenvalue weighted by Gasteiger charge is -2.08. The van der Waals surface area contributed by atoms with E-state index in [1.807, 2.05) is 6.92 Å². The molecule has 0 spiro atoms. The molecule has 66 valence electrons. The predicted molar refractivity (Wildman–Crippen MR) is 50.5 cm³/mol. The highest BCUT2D eigenvalue weighted by atomic mass is 16.1. The van der Waals surface area contributed by atoms with E-state index in [9.17, 15) is 4.79 Å². The van der Waals surface area contributed by atoms with E-state index in [1.54, 1.807) is 17.7 Å². The zero-order valence-electron chi connectivity index (χ0n) is 8.09. The molecule has 1 rings (SSSR count). The topological polar surface area (TPSA) is 22.0 Å². The van der Waals surface area contributed by atoms with Crippen LogP contribution >= 0.6 is 0 Å². The van der Waals surface area contributed by atoms with Crippen molar-refractivity contribution < 1.29 is 0 Å². The molecule has 0 aliphatic carbocycles. The van der Waals surface area contributed by atoms with Crippen molar-refractivity contribution in [3.05, 3.63) is 33.7 Å². The van der Waals surface area contributed by atoms with Crippen LogP contribution < -0.4 is 5.56 Å². The van der Waals surface area contributed by atoms with Crippen LogP contribution in [0.15, 0.2) is 16.9 Å². The molecular formula is C10H15NO. The minimum atomic E-state index is 0.0821. The van der Waals surface area contributed by atoms with Crippen LogP contribution in [0.2, 0.25) is 0 Å². The minimum Gasteiger partial charge on any atom is -0.316 e. The smallest absolute Gasteiger partial charge is 0.250 e. The standard InChI is InChI=1S/C10H15NO/c1-7(2)9-5-8(3)11(4)10(12)6-9/h5-7H,1-4H3. The lowest BCUT2D eigenvalue weighted by atomic mass is 10.0. The van der Waals surface area contributed by atoms with Crippen LogP contribution in [0.1, 0.15) is 31.0 Å². The molecule has 0 atom stereocenters. The van der Waals surface area contributed by atoms with Crippen molar-refractivity contribution in [3.63, 3.8) is 0 Å². The average molecular weight is 165 g/mol. The molecular weight excluding hydrogens is 150 g/mol. The van der Waals surface area contributed by atoms with Crippen molar-refractivity contribution in [2.24, 2.45) is 7.05 Å². The molecule has 0 aliphatic rings. The maximum atomic E-state index is 11.3. The van der Waals surface area contributed by atoms with E-state index >= 15 is 0 Å². The first-order chi connectivity index (χ1) is 5.52. The molecule has 0 unspecified atom stereocenters. The first kappa shape index (κ1) is 9.04. The summed E-state index contributed by atoms with van der Waals surface area (Å²) in [6, 6.07) is 3.77. The van der Waals surface area contributed by atoms with E-state index in [2.05, 4.69) is 19.9 Å². The summed E-state index contributed by atoms with van der Waals surface area (Å²) in [5.41, 5.74) is 2.22. The molecule has 0 saturated heterocycles. The Kier molecular flexibility index (Phi) is 2.36. The summed E-state index contributed by atoms with van der Waals surface area (Å²) in [6.45, 7) is 6.13. The molecule has 0 saturated carbocycles. The Labute approximate surface area is 72.8 Å². The van der Waals surface area contributed by atoms with Gasteiger partial charge in [-0.25, -0.2) is 0 Å². The molecule has 0 radical (unpaired) electrons. The van der Waals surface area contributed by atoms with Crippen LogP contribution in [-0.4, -0.2) is 4.57 Å². The van der Waals surface area contributed by atoms with E-state index in [4.69, 9.17) is 0 Å². The lowest BCUT2D eigenvalue weighted by molar-refractivity contribution is 0.785. The zero-order valence-corrected chi connectivity index (χ0v) is 8.09. The molecule has 1 aromatic rings. The highest BCUT2D eigenvalue weighted by Gasteiger charge is 2.02. The van der Waals surface area contributed by atoms with Gasteiger partial charge >= 0.3 is 0 Å². The molecule has 0 fully saturated rings. The van der Waals surface area contributed by atoms with Gasteiger partial charge in [-0.05, 0) is 24.5 Å². The number of aryl methyl sites for hydroxylation is 1. The zero-order chi connectivity index (χ0) is 9.30. The predicted octanol–water partition coefficient (Wildman–Crippen LogP) is 1.82. The summed E-state index contributed by atoms with van der Waals surface area (Å²) < 4.78 is 1.66. The summed E-state index contributed by atoms with van der Waals surface area (Å²) in [6.07, 6.45) is 0. The molecule has 0 aliphatic heterocycles. The Bertz CT molecular complexity index is 336. The van der Waals surface area contributed by atoms with Crippen molar-refractivity contribution in [2.75, 3.05) is 0 Å². The quantitative estimate of drug-likeness (QED) is 0.622. The third-order valence-electron chi connectivity index (χ3n) is 2.19. The second-order valence-electron chi connectivity index (χ2n) is 3.48. The lowest BCUT2D eigenvalue weighted by Crippen LogP contribution is -2.18. The molecule has 0 aromatic carbocycles. The Morgan fingerprint density at radius 2 is 1.92 bits per heavy atom. The third kappa shape index (κ3) is 1.58. The molecule has 0 amide bonds. The molecule has 1 aromatic heterocycles. The van der Waals surface area contributed by atoms with Gasteiger partial charge in [-0.2, -0.15) is 0 Å². The van der Waals surface area contributed by atoms with Gasteiger partial charge in [-0.15, -0.1) is 0 Å². The van der Waals surface area contributed by atoms with Crippen LogP contribution in [0.3, 0.4) is 0 Å². The van der Waals surface area contributed by atoms with Crippen molar-refractivity contribution >= 4 is 0 Å². The van der Waals surface area contributed by atoms with Gasteiger partial charge in [0.25, 0.3) is 5.56 Å². The van der Waals surface area contributed by atoms with E-state index in [0.717, 1.165) is 11.3 Å². The van der Waals surface area contributed by atoms with Crippen LogP contribution in [0.4, 0.5) is 0 Å². The fraction of sp³-hybridized carbons (Fsp3) is 0.500. The second kappa shape index (κ2) is 3.13. The van der Waals surface area contributed by atoms with Crippen molar-refractivity contribution in [1.29, 1.82) is 0 Å². The van der Waals surface area contributed by atoms with Gasteiger partial charge in [-0.1, -0.05) is 13.8 Å². The van der Waals surface area contributed by atoms with Crippen molar-refractivity contribution in [1.82, 2.24) is 4.57 Å². The number of aromatic nitrogens is 1. The molecule has 2 nitrogen and oxygen atoms in total. The molecule has 0 N–H and O–H groups in total. The molecule has 2 heteroatoms. The average Bonchev–Trinajstić information content (AvgIpc) is 1.99. The van der Waals surface area contributed by atoms with Gasteiger partial charge < -0.3 is 4.57 Å². The van der Waals surface area contributed by atoms with Gasteiger partial charge in [-0.3, -0.25) is 4.79 Å². The van der Waals surface area contributed by atoms with Crippen LogP contribution in [-0.2, 0) is 7.05 Å². The fourth-order valence-electron chi connectivity index (χ4n) is 1.13. The maximum absolute atomic E-state index is 11.3. The summed E-state index contributed by atoms with van der Waals surface area (Å²) in [5.74, 6) is 0.428. The van der Waals surface area contributed by atoms with Gasteiger partial charge in [0.2, 0.25) is 0 Å². The van der Waals surface area contributed by atoms with E-state index in [-0.39, 0.29) is 5.56 Å². The fourth-order valence-corrected chi connectivity index (χ4v) is 1.13. The maximum Gasteiger partial charge on any atom is 0.250 e. The molecule has 1 heterocycles. The van der Waals surface area contributed by atoms with Crippen LogP contribution in [0, 0.1) is 6.92 Å². The van der Waals surface area contributed by atoms with Gasteiger partial charge in [0.1, 0.15) is 0 Å². The Hall–Kier alpha value is -1.05. The van der Waals surface area contributed by atoms with Crippen LogP contribution in [0.25, 0.3) is 0 Å². The van der Waals surface area contributed by atoms with Crippen molar-refractivity contribution in [3.8, 4) is 0 Å². The van der Waals surface area contributed by atoms with Crippen LogP contribution in [0.5, 0.6) is 0 Å².